The molecule has 40 heavy (non-hydrogen) atoms. The number of alkyl halides is 1. The summed E-state index contributed by atoms with van der Waals surface area (Å²) in [6.45, 7) is 0.486. The number of nitro groups is 1. The van der Waals surface area contributed by atoms with Crippen LogP contribution in [0.1, 0.15) is 23.2 Å². The number of hydrogen-bond acceptors (Lipinski definition) is 9. The molecule has 1 fully saturated rings. The first kappa shape index (κ1) is 27.0. The molecule has 0 atom stereocenters. The second-order valence-corrected chi connectivity index (χ2v) is 10.9. The fraction of sp³-hybridized carbons (Fsp3) is 0.231. The lowest BCUT2D eigenvalue weighted by Gasteiger charge is -2.29. The molecule has 4 aromatic rings. The maximum absolute atomic E-state index is 14.9. The maximum Gasteiger partial charge on any atom is 0.312 e. The lowest BCUT2D eigenvalue weighted by molar-refractivity contribution is -0.386. The fourth-order valence-electron chi connectivity index (χ4n) is 4.24. The number of aromatic nitrogens is 2. The van der Waals surface area contributed by atoms with Gasteiger partial charge in [0, 0.05) is 17.6 Å². The first-order valence-electron chi connectivity index (χ1n) is 12.2. The molecule has 3 heterocycles. The molecule has 14 heteroatoms. The third-order valence-corrected chi connectivity index (χ3v) is 7.71. The number of pyridine rings is 1. The Morgan fingerprint density at radius 3 is 2.67 bits per heavy atom. The van der Waals surface area contributed by atoms with Crippen LogP contribution in [0.5, 0.6) is 17.2 Å². The molecule has 12 nitrogen and oxygen atoms in total. The van der Waals surface area contributed by atoms with E-state index in [4.69, 9.17) is 9.47 Å². The molecule has 0 aliphatic carbocycles. The van der Waals surface area contributed by atoms with Crippen LogP contribution < -0.4 is 19.5 Å². The molecule has 1 aliphatic rings. The number of sulfonamides is 1. The average molecular weight is 570 g/mol. The third kappa shape index (κ3) is 5.87. The number of aromatic amines is 1. The van der Waals surface area contributed by atoms with E-state index in [9.17, 15) is 27.7 Å². The van der Waals surface area contributed by atoms with Crippen LogP contribution >= 0.6 is 0 Å². The van der Waals surface area contributed by atoms with Gasteiger partial charge < -0.3 is 19.8 Å². The van der Waals surface area contributed by atoms with Crippen LogP contribution in [0.3, 0.4) is 0 Å². The predicted molar refractivity (Wildman–Crippen MR) is 142 cm³/mol. The summed E-state index contributed by atoms with van der Waals surface area (Å²) in [5, 5.41) is 15.5. The van der Waals surface area contributed by atoms with E-state index in [2.05, 4.69) is 15.3 Å². The normalized spacial score (nSPS) is 14.9. The van der Waals surface area contributed by atoms with Crippen LogP contribution in [0.25, 0.3) is 11.0 Å². The molecule has 3 N–H and O–H groups in total. The highest BCUT2D eigenvalue weighted by molar-refractivity contribution is 7.90. The fourth-order valence-corrected chi connectivity index (χ4v) is 5.22. The number of nitro benzene ring substituents is 1. The number of amides is 1. The highest BCUT2D eigenvalue weighted by atomic mass is 32.2. The van der Waals surface area contributed by atoms with E-state index in [1.807, 2.05) is 4.72 Å². The van der Waals surface area contributed by atoms with Crippen LogP contribution in [0.2, 0.25) is 0 Å². The van der Waals surface area contributed by atoms with E-state index in [0.717, 1.165) is 23.6 Å². The second-order valence-electron chi connectivity index (χ2n) is 9.20. The molecule has 1 saturated heterocycles. The van der Waals surface area contributed by atoms with Gasteiger partial charge >= 0.3 is 5.69 Å². The van der Waals surface area contributed by atoms with E-state index in [-0.39, 0.29) is 29.9 Å². The average Bonchev–Trinajstić information content (AvgIpc) is 3.40. The smallest absolute Gasteiger partial charge is 0.312 e. The van der Waals surface area contributed by atoms with E-state index in [1.165, 1.54) is 24.4 Å². The minimum atomic E-state index is -4.55. The molecule has 2 aromatic carbocycles. The Labute approximate surface area is 227 Å². The first-order valence-corrected chi connectivity index (χ1v) is 13.7. The van der Waals surface area contributed by atoms with Gasteiger partial charge in [-0.25, -0.2) is 22.5 Å². The lowest BCUT2D eigenvalue weighted by atomic mass is 9.95. The molecule has 1 aliphatic heterocycles. The minimum absolute atomic E-state index is 0.0691. The zero-order chi connectivity index (χ0) is 28.3. The van der Waals surface area contributed by atoms with Gasteiger partial charge in [-0.2, -0.15) is 0 Å². The molecular formula is C26H24FN5O7S. The van der Waals surface area contributed by atoms with Gasteiger partial charge in [0.15, 0.2) is 5.75 Å². The quantitative estimate of drug-likeness (QED) is 0.200. The Morgan fingerprint density at radius 1 is 1.12 bits per heavy atom. The van der Waals surface area contributed by atoms with Gasteiger partial charge in [-0.05, 0) is 62.3 Å². The zero-order valence-electron chi connectivity index (χ0n) is 20.9. The van der Waals surface area contributed by atoms with Crippen molar-refractivity contribution in [1.82, 2.24) is 20.0 Å². The molecule has 0 saturated carbocycles. The number of carbonyl (C=O) groups is 1. The molecular weight excluding hydrogens is 545 g/mol. The molecule has 5 rings (SSSR count). The van der Waals surface area contributed by atoms with E-state index in [0.29, 0.717) is 24.5 Å². The Balaban J connectivity index is 1.34. The van der Waals surface area contributed by atoms with Gasteiger partial charge in [0.2, 0.25) is 0 Å². The van der Waals surface area contributed by atoms with Crippen molar-refractivity contribution in [3.63, 3.8) is 0 Å². The monoisotopic (exact) mass is 569 g/mol. The van der Waals surface area contributed by atoms with Crippen LogP contribution in [0, 0.1) is 10.1 Å². The van der Waals surface area contributed by atoms with Crippen molar-refractivity contribution in [1.29, 1.82) is 0 Å². The summed E-state index contributed by atoms with van der Waals surface area (Å²) in [5.74, 6) is -0.905. The number of hydrogen-bond donors (Lipinski definition) is 3. The summed E-state index contributed by atoms with van der Waals surface area (Å²) in [4.78, 5) is 30.5. The van der Waals surface area contributed by atoms with Crippen molar-refractivity contribution >= 4 is 32.7 Å². The summed E-state index contributed by atoms with van der Waals surface area (Å²) in [6, 6.07) is 12.4. The largest absolute Gasteiger partial charge is 0.483 e. The van der Waals surface area contributed by atoms with Crippen molar-refractivity contribution in [3.8, 4) is 17.2 Å². The number of fused-ring (bicyclic) bond motifs is 1. The number of ether oxygens (including phenoxy) is 2. The summed E-state index contributed by atoms with van der Waals surface area (Å²) in [6.07, 6.45) is 3.52. The van der Waals surface area contributed by atoms with Gasteiger partial charge in [-0.1, -0.05) is 12.1 Å². The van der Waals surface area contributed by atoms with Gasteiger partial charge in [0.05, 0.1) is 21.6 Å². The van der Waals surface area contributed by atoms with E-state index in [1.54, 1.807) is 24.4 Å². The molecule has 1 amide bonds. The highest BCUT2D eigenvalue weighted by Gasteiger charge is 2.34. The Morgan fingerprint density at radius 2 is 1.90 bits per heavy atom. The van der Waals surface area contributed by atoms with Crippen LogP contribution in [0.15, 0.2) is 71.9 Å². The van der Waals surface area contributed by atoms with Crippen LogP contribution in [0.4, 0.5) is 10.1 Å². The number of halogens is 1. The number of carbonyl (C=O) groups excluding carboxylic acids is 1. The van der Waals surface area contributed by atoms with Gasteiger partial charge in [0.1, 0.15) is 29.4 Å². The minimum Gasteiger partial charge on any atom is -0.483 e. The van der Waals surface area contributed by atoms with Crippen molar-refractivity contribution in [2.75, 3.05) is 19.7 Å². The lowest BCUT2D eigenvalue weighted by Crippen LogP contribution is -2.42. The molecule has 0 spiro atoms. The number of rotatable bonds is 9. The van der Waals surface area contributed by atoms with Crippen LogP contribution in [-0.2, 0) is 10.0 Å². The number of H-pyrrole nitrogens is 1. The number of piperidine rings is 1. The highest BCUT2D eigenvalue weighted by Crippen LogP contribution is 2.33. The van der Waals surface area contributed by atoms with Crippen molar-refractivity contribution in [3.05, 3.63) is 82.7 Å². The predicted octanol–water partition coefficient (Wildman–Crippen LogP) is 3.85. The van der Waals surface area contributed by atoms with E-state index >= 15 is 0 Å². The first-order chi connectivity index (χ1) is 19.1. The topological polar surface area (TPSA) is 166 Å². The number of nitrogens with one attached hydrogen (secondary N) is 3. The molecule has 0 bridgehead atoms. The molecule has 0 unspecified atom stereocenters. The summed E-state index contributed by atoms with van der Waals surface area (Å²) in [5.41, 5.74) is -1.78. The second kappa shape index (κ2) is 10.9. The van der Waals surface area contributed by atoms with Gasteiger partial charge in [0.25, 0.3) is 15.9 Å². The van der Waals surface area contributed by atoms with Crippen molar-refractivity contribution < 1.29 is 32.0 Å². The number of benzene rings is 2. The maximum atomic E-state index is 14.9. The third-order valence-electron chi connectivity index (χ3n) is 6.38. The Hall–Kier alpha value is -4.56. The standard InChI is InChI=1S/C26H24FN5O7S/c27-26(8-11-28-12-9-26)16-38-23-6-5-19(14-21(23)32(34)35)40(36,37)31-25(33)20-3-1-2-4-22(20)39-18-13-17-7-10-29-24(17)30-15-18/h1-7,10,13-15,28H,8-9,11-12,16H2,(H,29,30)(H,31,33). The molecule has 208 valence electrons. The zero-order valence-corrected chi connectivity index (χ0v) is 21.7. The number of nitrogens with zero attached hydrogens (tertiary/aromatic N) is 2. The van der Waals surface area contributed by atoms with Gasteiger partial charge in [-0.3, -0.25) is 14.9 Å². The SMILES string of the molecule is O=C(NS(=O)(=O)c1ccc(OCC2(F)CCNCC2)c([N+](=O)[O-])c1)c1ccccc1Oc1cnc2[nH]ccc2c1. The molecule has 2 aromatic heterocycles. The molecule has 0 radical (unpaired) electrons. The summed E-state index contributed by atoms with van der Waals surface area (Å²) in [7, 11) is -4.55. The summed E-state index contributed by atoms with van der Waals surface area (Å²) >= 11 is 0. The van der Waals surface area contributed by atoms with Crippen LogP contribution in [-0.4, -0.2) is 54.6 Å². The Kier molecular flexibility index (Phi) is 7.36. The van der Waals surface area contributed by atoms with Crippen molar-refractivity contribution in [2.24, 2.45) is 0 Å². The van der Waals surface area contributed by atoms with Crippen molar-refractivity contribution in [2.45, 2.75) is 23.4 Å². The number of para-hydroxylation sites is 1. The van der Waals surface area contributed by atoms with E-state index < -0.39 is 43.7 Å². The summed E-state index contributed by atoms with van der Waals surface area (Å²) < 4.78 is 54.1. The van der Waals surface area contributed by atoms with Gasteiger partial charge in [-0.15, -0.1) is 0 Å². The Bertz CT molecular complexity index is 1690.